The van der Waals surface area contributed by atoms with E-state index in [0.29, 0.717) is 12.0 Å². The highest BCUT2D eigenvalue weighted by Gasteiger charge is 2.28. The molecule has 1 heterocycles. The zero-order valence-electron chi connectivity index (χ0n) is 13.3. The van der Waals surface area contributed by atoms with Gasteiger partial charge in [0.25, 0.3) is 0 Å². The Kier molecular flexibility index (Phi) is 5.67. The Hall–Kier alpha value is -0.800. The third-order valence-corrected chi connectivity index (χ3v) is 4.80. The summed E-state index contributed by atoms with van der Waals surface area (Å²) in [6, 6.07) is 2.46. The molecule has 1 aliphatic carbocycles. The Balaban J connectivity index is 1.85. The van der Waals surface area contributed by atoms with Crippen molar-refractivity contribution >= 4 is 0 Å². The van der Waals surface area contributed by atoms with Crippen LogP contribution in [0.5, 0.6) is 0 Å². The van der Waals surface area contributed by atoms with Crippen molar-refractivity contribution in [3.63, 3.8) is 0 Å². The van der Waals surface area contributed by atoms with E-state index < -0.39 is 0 Å². The van der Waals surface area contributed by atoms with Gasteiger partial charge in [-0.25, -0.2) is 0 Å². The van der Waals surface area contributed by atoms with E-state index in [9.17, 15) is 0 Å². The van der Waals surface area contributed by atoms with Crippen molar-refractivity contribution in [3.05, 3.63) is 23.7 Å². The number of nitrogens with two attached hydrogens (primary N) is 1. The molecule has 3 nitrogen and oxygen atoms in total. The molecule has 114 valence electrons. The summed E-state index contributed by atoms with van der Waals surface area (Å²) in [5, 5.41) is 0. The predicted octanol–water partition coefficient (Wildman–Crippen LogP) is 3.56. The van der Waals surface area contributed by atoms with Gasteiger partial charge in [0.1, 0.15) is 5.76 Å². The number of furan rings is 1. The Morgan fingerprint density at radius 3 is 2.85 bits per heavy atom. The molecule has 0 saturated heterocycles. The monoisotopic (exact) mass is 278 g/mol. The van der Waals surface area contributed by atoms with Crippen molar-refractivity contribution in [1.82, 2.24) is 4.90 Å². The Morgan fingerprint density at radius 2 is 2.20 bits per heavy atom. The van der Waals surface area contributed by atoms with Gasteiger partial charge >= 0.3 is 0 Å². The minimum atomic E-state index is 0.385. The van der Waals surface area contributed by atoms with Crippen molar-refractivity contribution < 1.29 is 4.42 Å². The predicted molar refractivity (Wildman–Crippen MR) is 83.5 cm³/mol. The van der Waals surface area contributed by atoms with Crippen LogP contribution in [0.15, 0.2) is 16.7 Å². The van der Waals surface area contributed by atoms with Gasteiger partial charge in [-0.2, -0.15) is 0 Å². The normalized spacial score (nSPS) is 27.1. The topological polar surface area (TPSA) is 42.4 Å². The molecule has 0 radical (unpaired) electrons. The van der Waals surface area contributed by atoms with E-state index >= 15 is 0 Å². The molecular weight excluding hydrogens is 248 g/mol. The summed E-state index contributed by atoms with van der Waals surface area (Å²) in [4.78, 5) is 2.40. The van der Waals surface area contributed by atoms with Crippen LogP contribution in [0.3, 0.4) is 0 Å². The van der Waals surface area contributed by atoms with Crippen molar-refractivity contribution in [1.29, 1.82) is 0 Å². The molecule has 1 aromatic heterocycles. The fourth-order valence-electron chi connectivity index (χ4n) is 3.60. The molecule has 3 unspecified atom stereocenters. The summed E-state index contributed by atoms with van der Waals surface area (Å²) in [7, 11) is 2.20. The summed E-state index contributed by atoms with van der Waals surface area (Å²) in [6.07, 6.45) is 8.29. The first kappa shape index (κ1) is 15.6. The molecule has 0 aromatic carbocycles. The van der Waals surface area contributed by atoms with E-state index in [2.05, 4.69) is 24.9 Å². The number of nitrogens with zero attached hydrogens (tertiary/aromatic N) is 1. The third kappa shape index (κ3) is 4.10. The SMILES string of the molecule is CCCC1CCC(N)C(CN(C)Cc2ccoc2C)C1. The number of rotatable bonds is 6. The number of hydrogen-bond donors (Lipinski definition) is 1. The first-order valence-electron chi connectivity index (χ1n) is 8.07. The van der Waals surface area contributed by atoms with Crippen molar-refractivity contribution in [2.75, 3.05) is 13.6 Å². The molecule has 0 amide bonds. The molecule has 0 bridgehead atoms. The van der Waals surface area contributed by atoms with Gasteiger partial charge in [0.15, 0.2) is 0 Å². The molecule has 3 heteroatoms. The zero-order chi connectivity index (χ0) is 14.5. The zero-order valence-corrected chi connectivity index (χ0v) is 13.3. The fourth-order valence-corrected chi connectivity index (χ4v) is 3.60. The lowest BCUT2D eigenvalue weighted by atomic mass is 9.76. The summed E-state index contributed by atoms with van der Waals surface area (Å²) in [5.41, 5.74) is 7.64. The summed E-state index contributed by atoms with van der Waals surface area (Å²) in [5.74, 6) is 2.58. The second-order valence-corrected chi connectivity index (χ2v) is 6.59. The van der Waals surface area contributed by atoms with Gasteiger partial charge < -0.3 is 15.1 Å². The molecule has 20 heavy (non-hydrogen) atoms. The minimum absolute atomic E-state index is 0.385. The first-order chi connectivity index (χ1) is 9.60. The van der Waals surface area contributed by atoms with Crippen LogP contribution in [0.2, 0.25) is 0 Å². The van der Waals surface area contributed by atoms with Crippen LogP contribution in [-0.2, 0) is 6.54 Å². The van der Waals surface area contributed by atoms with Crippen LogP contribution in [-0.4, -0.2) is 24.5 Å². The second kappa shape index (κ2) is 7.28. The van der Waals surface area contributed by atoms with Crippen LogP contribution in [0.25, 0.3) is 0 Å². The molecule has 1 aliphatic rings. The van der Waals surface area contributed by atoms with Gasteiger partial charge in [-0.3, -0.25) is 0 Å². The molecule has 3 atom stereocenters. The molecule has 1 aromatic rings. The molecule has 1 fully saturated rings. The highest BCUT2D eigenvalue weighted by atomic mass is 16.3. The average molecular weight is 278 g/mol. The first-order valence-corrected chi connectivity index (χ1v) is 8.07. The molecule has 2 rings (SSSR count). The molecule has 1 saturated carbocycles. The van der Waals surface area contributed by atoms with E-state index in [4.69, 9.17) is 10.2 Å². The van der Waals surface area contributed by atoms with E-state index in [-0.39, 0.29) is 0 Å². The van der Waals surface area contributed by atoms with E-state index in [1.54, 1.807) is 6.26 Å². The minimum Gasteiger partial charge on any atom is -0.469 e. The third-order valence-electron chi connectivity index (χ3n) is 4.80. The quantitative estimate of drug-likeness (QED) is 0.865. The lowest BCUT2D eigenvalue weighted by Gasteiger charge is -2.36. The molecule has 2 N–H and O–H groups in total. The number of hydrogen-bond acceptors (Lipinski definition) is 3. The van der Waals surface area contributed by atoms with Crippen LogP contribution >= 0.6 is 0 Å². The van der Waals surface area contributed by atoms with E-state index in [1.807, 2.05) is 6.92 Å². The smallest absolute Gasteiger partial charge is 0.105 e. The maximum atomic E-state index is 6.34. The summed E-state index contributed by atoms with van der Waals surface area (Å²) in [6.45, 7) is 6.39. The Morgan fingerprint density at radius 1 is 1.40 bits per heavy atom. The summed E-state index contributed by atoms with van der Waals surface area (Å²) >= 11 is 0. The van der Waals surface area contributed by atoms with Gasteiger partial charge in [0.2, 0.25) is 0 Å². The fraction of sp³-hybridized carbons (Fsp3) is 0.765. The highest BCUT2D eigenvalue weighted by molar-refractivity contribution is 5.15. The van der Waals surface area contributed by atoms with Crippen LogP contribution < -0.4 is 5.73 Å². The summed E-state index contributed by atoms with van der Waals surface area (Å²) < 4.78 is 5.37. The van der Waals surface area contributed by atoms with Crippen LogP contribution in [0, 0.1) is 18.8 Å². The second-order valence-electron chi connectivity index (χ2n) is 6.59. The molecular formula is C17H30N2O. The molecule has 0 aliphatic heterocycles. The average Bonchev–Trinajstić information content (AvgIpc) is 2.79. The Bertz CT molecular complexity index is 401. The van der Waals surface area contributed by atoms with Gasteiger partial charge in [0.05, 0.1) is 6.26 Å². The van der Waals surface area contributed by atoms with Gasteiger partial charge in [-0.05, 0) is 51.1 Å². The van der Waals surface area contributed by atoms with Crippen molar-refractivity contribution in [2.24, 2.45) is 17.6 Å². The maximum absolute atomic E-state index is 6.34. The van der Waals surface area contributed by atoms with Crippen LogP contribution in [0.4, 0.5) is 0 Å². The lowest BCUT2D eigenvalue weighted by Crippen LogP contribution is -2.42. The van der Waals surface area contributed by atoms with Gasteiger partial charge in [-0.15, -0.1) is 0 Å². The van der Waals surface area contributed by atoms with Crippen molar-refractivity contribution in [3.8, 4) is 0 Å². The van der Waals surface area contributed by atoms with Gasteiger partial charge in [0, 0.05) is 24.7 Å². The molecule has 0 spiro atoms. The van der Waals surface area contributed by atoms with E-state index in [1.165, 1.54) is 37.7 Å². The van der Waals surface area contributed by atoms with E-state index in [0.717, 1.165) is 24.8 Å². The largest absolute Gasteiger partial charge is 0.469 e. The number of aryl methyl sites for hydroxylation is 1. The maximum Gasteiger partial charge on any atom is 0.105 e. The Labute approximate surface area is 123 Å². The highest BCUT2D eigenvalue weighted by Crippen LogP contribution is 2.32. The van der Waals surface area contributed by atoms with Gasteiger partial charge in [-0.1, -0.05) is 19.8 Å². The van der Waals surface area contributed by atoms with Crippen LogP contribution in [0.1, 0.15) is 50.4 Å². The lowest BCUT2D eigenvalue weighted by molar-refractivity contribution is 0.165. The standard InChI is InChI=1S/C17H30N2O/c1-4-5-14-6-7-17(18)16(10-14)12-19(3)11-15-8-9-20-13(15)2/h8-9,14,16-17H,4-7,10-12,18H2,1-3H3. The van der Waals surface area contributed by atoms with Crippen molar-refractivity contribution in [2.45, 2.75) is 58.5 Å².